The molecule has 0 saturated carbocycles. The molecule has 0 unspecified atom stereocenters. The number of aromatic nitrogens is 4. The lowest BCUT2D eigenvalue weighted by Gasteiger charge is -2.08. The molecule has 1 aromatic heterocycles. The van der Waals surface area contributed by atoms with Gasteiger partial charge < -0.3 is 5.32 Å². The minimum Gasteiger partial charge on any atom is -0.324 e. The van der Waals surface area contributed by atoms with E-state index in [1.54, 1.807) is 12.1 Å². The number of nitrogens with one attached hydrogen (secondary N) is 1. The summed E-state index contributed by atoms with van der Waals surface area (Å²) in [6, 6.07) is 11.5. The van der Waals surface area contributed by atoms with Crippen molar-refractivity contribution in [3.63, 3.8) is 0 Å². The van der Waals surface area contributed by atoms with Gasteiger partial charge in [0.15, 0.2) is 0 Å². The number of hydrogen-bond acceptors (Lipinski definition) is 4. The Bertz CT molecular complexity index is 896. The summed E-state index contributed by atoms with van der Waals surface area (Å²) >= 11 is 3.37. The van der Waals surface area contributed by atoms with Gasteiger partial charge in [-0.05, 0) is 48.0 Å². The minimum atomic E-state index is -0.382. The zero-order valence-corrected chi connectivity index (χ0v) is 14.3. The van der Waals surface area contributed by atoms with Crippen LogP contribution in [0.25, 0.3) is 11.4 Å². The van der Waals surface area contributed by atoms with Crippen molar-refractivity contribution in [1.29, 1.82) is 0 Å². The van der Waals surface area contributed by atoms with Gasteiger partial charge in [0.2, 0.25) is 11.7 Å². The molecule has 0 radical (unpaired) electrons. The van der Waals surface area contributed by atoms with Crippen LogP contribution in [0.5, 0.6) is 0 Å². The molecule has 3 rings (SSSR count). The summed E-state index contributed by atoms with van der Waals surface area (Å²) in [6.45, 7) is 1.81. The molecule has 1 amide bonds. The summed E-state index contributed by atoms with van der Waals surface area (Å²) in [7, 11) is 0. The first-order chi connectivity index (χ1) is 11.5. The number of benzene rings is 2. The van der Waals surface area contributed by atoms with Gasteiger partial charge in [-0.1, -0.05) is 28.1 Å². The van der Waals surface area contributed by atoms with Gasteiger partial charge in [0, 0.05) is 15.7 Å². The SMILES string of the molecule is Cc1cc(Br)ccc1NC(=O)Cn1nnc(-c2cccc(F)c2)n1. The maximum atomic E-state index is 13.2. The molecule has 0 aliphatic carbocycles. The second-order valence-electron chi connectivity index (χ2n) is 5.16. The number of carbonyl (C=O) groups excluding carboxylic acids is 1. The van der Waals surface area contributed by atoms with Gasteiger partial charge in [0.05, 0.1) is 0 Å². The Morgan fingerprint density at radius 1 is 1.29 bits per heavy atom. The number of nitrogens with zero attached hydrogens (tertiary/aromatic N) is 4. The molecule has 6 nitrogen and oxygen atoms in total. The molecule has 0 spiro atoms. The van der Waals surface area contributed by atoms with E-state index >= 15 is 0 Å². The smallest absolute Gasteiger partial charge is 0.248 e. The molecular weight excluding hydrogens is 377 g/mol. The zero-order chi connectivity index (χ0) is 17.1. The van der Waals surface area contributed by atoms with Gasteiger partial charge in [-0.15, -0.1) is 10.2 Å². The molecular formula is C16H13BrFN5O. The fraction of sp³-hybridized carbons (Fsp3) is 0.125. The molecule has 1 N–H and O–H groups in total. The molecule has 24 heavy (non-hydrogen) atoms. The van der Waals surface area contributed by atoms with Crippen LogP contribution in [-0.4, -0.2) is 26.1 Å². The third-order valence-corrected chi connectivity index (χ3v) is 3.78. The van der Waals surface area contributed by atoms with Crippen molar-refractivity contribution in [3.8, 4) is 11.4 Å². The lowest BCUT2D eigenvalue weighted by atomic mass is 10.2. The third kappa shape index (κ3) is 3.83. The fourth-order valence-corrected chi connectivity index (χ4v) is 2.61. The van der Waals surface area contributed by atoms with Crippen molar-refractivity contribution in [3.05, 3.63) is 58.3 Å². The van der Waals surface area contributed by atoms with E-state index in [9.17, 15) is 9.18 Å². The number of anilines is 1. The molecule has 3 aromatic rings. The number of amides is 1. The fourth-order valence-electron chi connectivity index (χ4n) is 2.14. The molecule has 0 fully saturated rings. The first-order valence-electron chi connectivity index (χ1n) is 7.11. The monoisotopic (exact) mass is 389 g/mol. The van der Waals surface area contributed by atoms with E-state index in [-0.39, 0.29) is 24.1 Å². The predicted octanol–water partition coefficient (Wildman–Crippen LogP) is 3.19. The highest BCUT2D eigenvalue weighted by molar-refractivity contribution is 9.10. The van der Waals surface area contributed by atoms with Gasteiger partial charge in [0.1, 0.15) is 12.4 Å². The van der Waals surface area contributed by atoms with Crippen molar-refractivity contribution in [2.75, 3.05) is 5.32 Å². The first kappa shape index (κ1) is 16.3. The number of hydrogen-bond donors (Lipinski definition) is 1. The molecule has 0 aliphatic rings. The number of tetrazole rings is 1. The van der Waals surface area contributed by atoms with E-state index in [1.807, 2.05) is 25.1 Å². The van der Waals surface area contributed by atoms with Crippen molar-refractivity contribution in [2.45, 2.75) is 13.5 Å². The average molecular weight is 390 g/mol. The summed E-state index contributed by atoms with van der Waals surface area (Å²) in [5.41, 5.74) is 2.16. The normalized spacial score (nSPS) is 10.6. The summed E-state index contributed by atoms with van der Waals surface area (Å²) in [5, 5.41) is 14.6. The van der Waals surface area contributed by atoms with Crippen molar-refractivity contribution in [1.82, 2.24) is 20.2 Å². The van der Waals surface area contributed by atoms with Crippen LogP contribution < -0.4 is 5.32 Å². The molecule has 0 saturated heterocycles. The molecule has 0 atom stereocenters. The Labute approximate surface area is 145 Å². The standard InChI is InChI=1S/C16H13BrFN5O/c1-10-7-12(17)5-6-14(10)19-15(24)9-23-21-16(20-22-23)11-3-2-4-13(18)8-11/h2-8H,9H2,1H3,(H,19,24). The van der Waals surface area contributed by atoms with Crippen molar-refractivity contribution >= 4 is 27.5 Å². The maximum absolute atomic E-state index is 13.2. The van der Waals surface area contributed by atoms with Crippen LogP contribution >= 0.6 is 15.9 Å². The van der Waals surface area contributed by atoms with Crippen LogP contribution in [0.4, 0.5) is 10.1 Å². The molecule has 8 heteroatoms. The molecule has 122 valence electrons. The van der Waals surface area contributed by atoms with Gasteiger partial charge in [-0.25, -0.2) is 4.39 Å². The predicted molar refractivity (Wildman–Crippen MR) is 90.7 cm³/mol. The Morgan fingerprint density at radius 3 is 2.88 bits per heavy atom. The van der Waals surface area contributed by atoms with Gasteiger partial charge in [-0.3, -0.25) is 4.79 Å². The second-order valence-corrected chi connectivity index (χ2v) is 6.08. The summed E-state index contributed by atoms with van der Waals surface area (Å²) < 4.78 is 14.2. The topological polar surface area (TPSA) is 72.7 Å². The number of halogens is 2. The third-order valence-electron chi connectivity index (χ3n) is 3.28. The van der Waals surface area contributed by atoms with E-state index in [4.69, 9.17) is 0 Å². The zero-order valence-electron chi connectivity index (χ0n) is 12.7. The highest BCUT2D eigenvalue weighted by Crippen LogP contribution is 2.20. The Kier molecular flexibility index (Phi) is 4.66. The van der Waals surface area contributed by atoms with Crippen LogP contribution in [0.15, 0.2) is 46.9 Å². The minimum absolute atomic E-state index is 0.0855. The van der Waals surface area contributed by atoms with Crippen LogP contribution in [0.2, 0.25) is 0 Å². The number of carbonyl (C=O) groups is 1. The van der Waals surface area contributed by atoms with E-state index in [2.05, 4.69) is 36.7 Å². The molecule has 1 heterocycles. The number of aryl methyl sites for hydroxylation is 1. The highest BCUT2D eigenvalue weighted by atomic mass is 79.9. The number of rotatable bonds is 4. The molecule has 0 bridgehead atoms. The average Bonchev–Trinajstić information content (AvgIpc) is 2.98. The van der Waals surface area contributed by atoms with Gasteiger partial charge >= 0.3 is 0 Å². The van der Waals surface area contributed by atoms with Gasteiger partial charge in [-0.2, -0.15) is 4.80 Å². The van der Waals surface area contributed by atoms with E-state index in [0.29, 0.717) is 11.3 Å². The van der Waals surface area contributed by atoms with E-state index in [1.165, 1.54) is 16.9 Å². The van der Waals surface area contributed by atoms with Crippen LogP contribution in [0, 0.1) is 12.7 Å². The quantitative estimate of drug-likeness (QED) is 0.743. The van der Waals surface area contributed by atoms with Crippen molar-refractivity contribution < 1.29 is 9.18 Å². The van der Waals surface area contributed by atoms with Crippen LogP contribution in [0.1, 0.15) is 5.56 Å². The summed E-state index contributed by atoms with van der Waals surface area (Å²) in [5.74, 6) is -0.391. The first-order valence-corrected chi connectivity index (χ1v) is 7.90. The highest BCUT2D eigenvalue weighted by Gasteiger charge is 2.11. The molecule has 2 aromatic carbocycles. The van der Waals surface area contributed by atoms with E-state index < -0.39 is 0 Å². The molecule has 0 aliphatic heterocycles. The lowest BCUT2D eigenvalue weighted by molar-refractivity contribution is -0.117. The van der Waals surface area contributed by atoms with Crippen molar-refractivity contribution in [2.24, 2.45) is 0 Å². The second kappa shape index (κ2) is 6.88. The van der Waals surface area contributed by atoms with Crippen LogP contribution in [-0.2, 0) is 11.3 Å². The summed E-state index contributed by atoms with van der Waals surface area (Å²) in [4.78, 5) is 13.3. The van der Waals surface area contributed by atoms with E-state index in [0.717, 1.165) is 10.0 Å². The van der Waals surface area contributed by atoms with Crippen LogP contribution in [0.3, 0.4) is 0 Å². The van der Waals surface area contributed by atoms with Gasteiger partial charge in [0.25, 0.3) is 0 Å². The Balaban J connectivity index is 1.69. The largest absolute Gasteiger partial charge is 0.324 e. The summed E-state index contributed by atoms with van der Waals surface area (Å²) in [6.07, 6.45) is 0. The Morgan fingerprint density at radius 2 is 2.12 bits per heavy atom. The maximum Gasteiger partial charge on any atom is 0.248 e. The Hall–Kier alpha value is -2.61. The lowest BCUT2D eigenvalue weighted by Crippen LogP contribution is -2.20.